The molecule has 0 radical (unpaired) electrons. The van der Waals surface area contributed by atoms with Gasteiger partial charge in [-0.2, -0.15) is 0 Å². The van der Waals surface area contributed by atoms with Gasteiger partial charge in [-0.15, -0.1) is 0 Å². The molecule has 1 aromatic carbocycles. The van der Waals surface area contributed by atoms with Crippen LogP contribution < -0.4 is 5.32 Å². The van der Waals surface area contributed by atoms with Gasteiger partial charge in [-0.05, 0) is 81.1 Å². The lowest BCUT2D eigenvalue weighted by Crippen LogP contribution is -2.09. The second-order valence-corrected chi connectivity index (χ2v) is 9.62. The zero-order valence-corrected chi connectivity index (χ0v) is 19.8. The van der Waals surface area contributed by atoms with E-state index in [0.29, 0.717) is 17.8 Å². The highest BCUT2D eigenvalue weighted by Crippen LogP contribution is 2.30. The molecular weight excluding hydrogens is 338 g/mol. The summed E-state index contributed by atoms with van der Waals surface area (Å²) in [6.45, 7) is 20.7. The van der Waals surface area contributed by atoms with Gasteiger partial charge in [0.15, 0.2) is 0 Å². The molecule has 0 saturated carbocycles. The maximum Gasteiger partial charge on any atom is 0.0446 e. The summed E-state index contributed by atoms with van der Waals surface area (Å²) in [6, 6.07) is 10.6. The molecule has 156 valence electrons. The molecule has 0 spiro atoms. The Labute approximate surface area is 175 Å². The van der Waals surface area contributed by atoms with Crippen LogP contribution in [0.5, 0.6) is 0 Å². The number of rotatable bonds is 10. The third kappa shape index (κ3) is 8.95. The quantitative estimate of drug-likeness (QED) is 0.399. The maximum absolute atomic E-state index is 3.77. The van der Waals surface area contributed by atoms with Crippen molar-refractivity contribution in [1.82, 2.24) is 0 Å². The summed E-state index contributed by atoms with van der Waals surface area (Å²) in [6.07, 6.45) is 5.80. The van der Waals surface area contributed by atoms with Gasteiger partial charge in [-0.25, -0.2) is 0 Å². The monoisotopic (exact) mass is 381 g/mol. The molecule has 0 heterocycles. The Morgan fingerprint density at radius 2 is 1.25 bits per heavy atom. The zero-order valence-electron chi connectivity index (χ0n) is 19.8. The Morgan fingerprint density at radius 1 is 0.750 bits per heavy atom. The predicted molar refractivity (Wildman–Crippen MR) is 128 cm³/mol. The molecule has 1 aromatic rings. The van der Waals surface area contributed by atoms with Crippen molar-refractivity contribution in [2.75, 3.05) is 5.32 Å². The topological polar surface area (TPSA) is 12.0 Å². The third-order valence-corrected chi connectivity index (χ3v) is 4.75. The van der Waals surface area contributed by atoms with Crippen molar-refractivity contribution in [3.8, 4) is 0 Å². The van der Waals surface area contributed by atoms with Crippen LogP contribution in [0.25, 0.3) is 0 Å². The van der Waals surface area contributed by atoms with Crippen molar-refractivity contribution in [3.63, 3.8) is 0 Å². The lowest BCUT2D eigenvalue weighted by Gasteiger charge is -2.22. The number of para-hydroxylation sites is 1. The van der Waals surface area contributed by atoms with Crippen LogP contribution in [0.3, 0.4) is 0 Å². The fraction of sp³-hybridized carbons (Fsp3) is 0.556. The van der Waals surface area contributed by atoms with Crippen molar-refractivity contribution in [2.24, 2.45) is 17.8 Å². The van der Waals surface area contributed by atoms with Gasteiger partial charge in [0.1, 0.15) is 0 Å². The minimum Gasteiger partial charge on any atom is -0.355 e. The summed E-state index contributed by atoms with van der Waals surface area (Å²) < 4.78 is 0. The van der Waals surface area contributed by atoms with Gasteiger partial charge in [0.05, 0.1) is 0 Å². The van der Waals surface area contributed by atoms with Crippen molar-refractivity contribution >= 4 is 5.69 Å². The molecule has 0 aliphatic heterocycles. The number of anilines is 1. The first-order valence-corrected chi connectivity index (χ1v) is 11.0. The molecule has 0 aliphatic rings. The number of hydrogen-bond donors (Lipinski definition) is 1. The first kappa shape index (κ1) is 24.3. The summed E-state index contributed by atoms with van der Waals surface area (Å²) in [5.41, 5.74) is 8.20. The van der Waals surface area contributed by atoms with Crippen molar-refractivity contribution in [1.29, 1.82) is 0 Å². The van der Waals surface area contributed by atoms with E-state index in [9.17, 15) is 0 Å². The molecule has 1 rings (SSSR count). The van der Waals surface area contributed by atoms with Gasteiger partial charge in [0.25, 0.3) is 0 Å². The van der Waals surface area contributed by atoms with Gasteiger partial charge < -0.3 is 5.32 Å². The molecule has 0 amide bonds. The van der Waals surface area contributed by atoms with Gasteiger partial charge in [0.2, 0.25) is 0 Å². The number of hydrogen-bond acceptors (Lipinski definition) is 1. The molecule has 0 atom stereocenters. The van der Waals surface area contributed by atoms with Gasteiger partial charge >= 0.3 is 0 Å². The van der Waals surface area contributed by atoms with Crippen molar-refractivity contribution < 1.29 is 0 Å². The Bertz CT molecular complexity index is 684. The van der Waals surface area contributed by atoms with E-state index in [1.165, 1.54) is 28.0 Å². The van der Waals surface area contributed by atoms with E-state index in [4.69, 9.17) is 0 Å². The van der Waals surface area contributed by atoms with Crippen LogP contribution in [0.15, 0.2) is 64.4 Å². The first-order valence-electron chi connectivity index (χ1n) is 11.0. The molecule has 1 nitrogen and oxygen atoms in total. The van der Waals surface area contributed by atoms with Crippen molar-refractivity contribution in [2.45, 2.75) is 81.6 Å². The highest BCUT2D eigenvalue weighted by molar-refractivity contribution is 5.58. The lowest BCUT2D eigenvalue weighted by molar-refractivity contribution is 0.632. The average molecular weight is 382 g/mol. The maximum atomic E-state index is 3.77. The Hall–Kier alpha value is -1.76. The number of nitrogens with one attached hydrogen (secondary N) is 1. The Morgan fingerprint density at radius 3 is 1.75 bits per heavy atom. The third-order valence-electron chi connectivity index (χ3n) is 4.75. The standard InChI is InChI=1S/C27H43N/c1-19(2)15-22(7)18-26(23(8)16-20(3)4)27(24(9)17-21(5)6)28-25-13-11-10-12-14-25/h10-14,18-21,28H,15-17H2,1-9H3. The van der Waals surface area contributed by atoms with E-state index < -0.39 is 0 Å². The van der Waals surface area contributed by atoms with Crippen LogP contribution in [-0.4, -0.2) is 0 Å². The molecule has 1 heteroatoms. The fourth-order valence-corrected chi connectivity index (χ4v) is 3.86. The highest BCUT2D eigenvalue weighted by atomic mass is 14.9. The minimum absolute atomic E-state index is 0.639. The Kier molecular flexibility index (Phi) is 10.4. The number of benzene rings is 1. The Balaban J connectivity index is 3.52. The smallest absolute Gasteiger partial charge is 0.0446 e. The summed E-state index contributed by atoms with van der Waals surface area (Å²) in [5, 5.41) is 3.77. The molecule has 28 heavy (non-hydrogen) atoms. The summed E-state index contributed by atoms with van der Waals surface area (Å²) in [7, 11) is 0. The molecule has 0 saturated heterocycles. The van der Waals surface area contributed by atoms with E-state index in [0.717, 1.165) is 24.9 Å². The van der Waals surface area contributed by atoms with Crippen LogP contribution in [-0.2, 0) is 0 Å². The van der Waals surface area contributed by atoms with E-state index >= 15 is 0 Å². The minimum atomic E-state index is 0.639. The SMILES string of the molecule is CC(=CC(=C(C)CC(C)C)C(Nc1ccccc1)=C(C)CC(C)C)CC(C)C. The molecule has 1 N–H and O–H groups in total. The van der Waals surface area contributed by atoms with Crippen LogP contribution in [0, 0.1) is 17.8 Å². The molecular formula is C27H43N. The molecule has 0 aliphatic carbocycles. The molecule has 0 bridgehead atoms. The predicted octanol–water partition coefficient (Wildman–Crippen LogP) is 8.77. The van der Waals surface area contributed by atoms with E-state index in [2.05, 4.69) is 104 Å². The van der Waals surface area contributed by atoms with Crippen LogP contribution >= 0.6 is 0 Å². The normalized spacial score (nSPS) is 14.5. The zero-order chi connectivity index (χ0) is 21.3. The van der Waals surface area contributed by atoms with Gasteiger partial charge in [-0.1, -0.05) is 77.0 Å². The summed E-state index contributed by atoms with van der Waals surface area (Å²) >= 11 is 0. The second kappa shape index (κ2) is 11.9. The fourth-order valence-electron chi connectivity index (χ4n) is 3.86. The molecule has 0 aromatic heterocycles. The second-order valence-electron chi connectivity index (χ2n) is 9.62. The van der Waals surface area contributed by atoms with Gasteiger partial charge in [0, 0.05) is 11.4 Å². The van der Waals surface area contributed by atoms with E-state index in [1.807, 2.05) is 0 Å². The molecule has 0 unspecified atom stereocenters. The number of allylic oxidation sites excluding steroid dienone is 4. The summed E-state index contributed by atoms with van der Waals surface area (Å²) in [4.78, 5) is 0. The van der Waals surface area contributed by atoms with Crippen LogP contribution in [0.2, 0.25) is 0 Å². The van der Waals surface area contributed by atoms with E-state index in [1.54, 1.807) is 0 Å². The van der Waals surface area contributed by atoms with E-state index in [-0.39, 0.29) is 0 Å². The summed E-state index contributed by atoms with van der Waals surface area (Å²) in [5.74, 6) is 1.96. The highest BCUT2D eigenvalue weighted by Gasteiger charge is 2.14. The van der Waals surface area contributed by atoms with Crippen LogP contribution in [0.1, 0.15) is 81.6 Å². The van der Waals surface area contributed by atoms with Gasteiger partial charge in [-0.3, -0.25) is 0 Å². The van der Waals surface area contributed by atoms with Crippen molar-refractivity contribution in [3.05, 3.63) is 64.4 Å². The lowest BCUT2D eigenvalue weighted by atomic mass is 9.91. The van der Waals surface area contributed by atoms with Crippen LogP contribution in [0.4, 0.5) is 5.69 Å². The first-order chi connectivity index (χ1) is 13.1. The largest absolute Gasteiger partial charge is 0.355 e. The molecule has 0 fully saturated rings. The average Bonchev–Trinajstić information content (AvgIpc) is 2.56.